The highest BCUT2D eigenvalue weighted by Gasteiger charge is 2.38. The van der Waals surface area contributed by atoms with Crippen molar-refractivity contribution in [3.63, 3.8) is 0 Å². The first-order chi connectivity index (χ1) is 14.6. The Morgan fingerprint density at radius 3 is 2.52 bits per heavy atom. The Morgan fingerprint density at radius 2 is 1.94 bits per heavy atom. The highest BCUT2D eigenvalue weighted by molar-refractivity contribution is 7.92. The fourth-order valence-electron chi connectivity index (χ4n) is 3.99. The van der Waals surface area contributed by atoms with E-state index in [9.17, 15) is 13.2 Å². The highest BCUT2D eigenvalue weighted by atomic mass is 32.2. The van der Waals surface area contributed by atoms with Gasteiger partial charge in [0.25, 0.3) is 0 Å². The van der Waals surface area contributed by atoms with Crippen LogP contribution in [0, 0.1) is 0 Å². The van der Waals surface area contributed by atoms with Gasteiger partial charge < -0.3 is 14.8 Å². The van der Waals surface area contributed by atoms with Crippen LogP contribution in [-0.4, -0.2) is 39.3 Å². The summed E-state index contributed by atoms with van der Waals surface area (Å²) in [6.45, 7) is 5.72. The van der Waals surface area contributed by atoms with Gasteiger partial charge in [-0.25, -0.2) is 8.42 Å². The Bertz CT molecular complexity index is 1040. The number of hydrogen-bond acceptors (Lipinski definition) is 5. The number of sulfonamides is 1. The lowest BCUT2D eigenvalue weighted by Gasteiger charge is -2.39. The summed E-state index contributed by atoms with van der Waals surface area (Å²) in [5.74, 6) is 0.971. The van der Waals surface area contributed by atoms with Gasteiger partial charge >= 0.3 is 0 Å². The summed E-state index contributed by atoms with van der Waals surface area (Å²) in [5.41, 5.74) is 0.799. The molecular weight excluding hydrogens is 416 g/mol. The number of para-hydroxylation sites is 1. The summed E-state index contributed by atoms with van der Waals surface area (Å²) in [4.78, 5) is 13.4. The van der Waals surface area contributed by atoms with E-state index in [1.807, 2.05) is 26.0 Å². The quantitative estimate of drug-likeness (QED) is 0.702. The van der Waals surface area contributed by atoms with Gasteiger partial charge in [0.2, 0.25) is 15.9 Å². The first-order valence-corrected chi connectivity index (χ1v) is 12.1. The van der Waals surface area contributed by atoms with E-state index in [-0.39, 0.29) is 11.9 Å². The van der Waals surface area contributed by atoms with Crippen LogP contribution in [-0.2, 0) is 14.8 Å². The van der Waals surface area contributed by atoms with E-state index >= 15 is 0 Å². The van der Waals surface area contributed by atoms with Gasteiger partial charge in [-0.1, -0.05) is 25.1 Å². The van der Waals surface area contributed by atoms with Crippen LogP contribution in [0.2, 0.25) is 0 Å². The largest absolute Gasteiger partial charge is 0.497 e. The molecule has 0 radical (unpaired) electrons. The molecule has 2 aromatic carbocycles. The van der Waals surface area contributed by atoms with E-state index < -0.39 is 21.7 Å². The molecule has 1 heterocycles. The second-order valence-corrected chi connectivity index (χ2v) is 10.2. The number of carbonyl (C=O) groups is 1. The van der Waals surface area contributed by atoms with E-state index in [0.29, 0.717) is 30.0 Å². The number of fused-ring (bicyclic) bond motifs is 1. The molecule has 1 aliphatic heterocycles. The van der Waals surface area contributed by atoms with Crippen molar-refractivity contribution in [2.45, 2.75) is 51.3 Å². The lowest BCUT2D eigenvalue weighted by molar-refractivity contribution is -0.123. The maximum atomic E-state index is 13.4. The van der Waals surface area contributed by atoms with Gasteiger partial charge in [-0.15, -0.1) is 0 Å². The van der Waals surface area contributed by atoms with Gasteiger partial charge in [-0.05, 0) is 44.5 Å². The van der Waals surface area contributed by atoms with Crippen molar-refractivity contribution in [3.8, 4) is 11.5 Å². The minimum Gasteiger partial charge on any atom is -0.497 e. The molecule has 1 N–H and O–H groups in total. The Labute approximate surface area is 184 Å². The van der Waals surface area contributed by atoms with Crippen molar-refractivity contribution in [2.24, 2.45) is 0 Å². The Balaban J connectivity index is 1.93. The molecule has 0 saturated carbocycles. The van der Waals surface area contributed by atoms with Crippen LogP contribution in [0.3, 0.4) is 0 Å². The van der Waals surface area contributed by atoms with Crippen LogP contribution in [0.5, 0.6) is 11.5 Å². The van der Waals surface area contributed by atoms with Gasteiger partial charge in [0.05, 0.1) is 25.1 Å². The SMILES string of the molecule is CC[C@H](C(=O)N[C@@H]1CC(C)(C)Oc2cc(OC)ccc21)N(c1ccccc1)S(C)(=O)=O. The van der Waals surface area contributed by atoms with E-state index in [0.717, 1.165) is 11.8 Å². The normalized spacial score (nSPS) is 18.3. The van der Waals surface area contributed by atoms with Gasteiger partial charge in [0.1, 0.15) is 23.1 Å². The van der Waals surface area contributed by atoms with Crippen LogP contribution >= 0.6 is 0 Å². The van der Waals surface area contributed by atoms with Crippen molar-refractivity contribution < 1.29 is 22.7 Å². The molecule has 31 heavy (non-hydrogen) atoms. The third-order valence-electron chi connectivity index (χ3n) is 5.33. The summed E-state index contributed by atoms with van der Waals surface area (Å²) in [6.07, 6.45) is 2.00. The minimum atomic E-state index is -3.68. The van der Waals surface area contributed by atoms with Crippen molar-refractivity contribution in [1.29, 1.82) is 0 Å². The van der Waals surface area contributed by atoms with Gasteiger partial charge in [0.15, 0.2) is 0 Å². The highest BCUT2D eigenvalue weighted by Crippen LogP contribution is 2.41. The maximum Gasteiger partial charge on any atom is 0.244 e. The smallest absolute Gasteiger partial charge is 0.244 e. The number of nitrogens with zero attached hydrogens (tertiary/aromatic N) is 1. The molecule has 2 aromatic rings. The molecule has 2 atom stereocenters. The third kappa shape index (κ3) is 5.12. The molecule has 0 aliphatic carbocycles. The molecule has 0 spiro atoms. The van der Waals surface area contributed by atoms with Crippen LogP contribution < -0.4 is 19.1 Å². The molecule has 168 valence electrons. The number of nitrogens with one attached hydrogen (secondary N) is 1. The minimum absolute atomic E-state index is 0.316. The molecule has 3 rings (SSSR count). The van der Waals surface area contributed by atoms with Gasteiger partial charge in [-0.3, -0.25) is 9.10 Å². The summed E-state index contributed by atoms with van der Waals surface area (Å²) < 4.78 is 37.8. The predicted molar refractivity (Wildman–Crippen MR) is 121 cm³/mol. The molecule has 0 unspecified atom stereocenters. The van der Waals surface area contributed by atoms with E-state index in [4.69, 9.17) is 9.47 Å². The summed E-state index contributed by atoms with van der Waals surface area (Å²) in [7, 11) is -2.09. The fraction of sp³-hybridized carbons (Fsp3) is 0.435. The summed E-state index contributed by atoms with van der Waals surface area (Å²) in [6, 6.07) is 13.0. The number of anilines is 1. The number of rotatable bonds is 7. The van der Waals surface area contributed by atoms with Gasteiger partial charge in [0, 0.05) is 18.1 Å². The Hall–Kier alpha value is -2.74. The topological polar surface area (TPSA) is 84.9 Å². The summed E-state index contributed by atoms with van der Waals surface area (Å²) >= 11 is 0. The molecule has 8 heteroatoms. The van der Waals surface area contributed by atoms with E-state index in [1.54, 1.807) is 50.4 Å². The van der Waals surface area contributed by atoms with Crippen molar-refractivity contribution >= 4 is 21.6 Å². The van der Waals surface area contributed by atoms with E-state index in [2.05, 4.69) is 5.32 Å². The van der Waals surface area contributed by atoms with Gasteiger partial charge in [-0.2, -0.15) is 0 Å². The van der Waals surface area contributed by atoms with E-state index in [1.165, 1.54) is 4.31 Å². The third-order valence-corrected chi connectivity index (χ3v) is 6.51. The average molecular weight is 447 g/mol. The standard InChI is InChI=1S/C23H30N2O5S/c1-6-20(25(31(5,27)28)16-10-8-7-9-11-16)22(26)24-19-15-23(2,3)30-21-14-17(29-4)12-13-18(19)21/h7-14,19-20H,6,15H2,1-5H3,(H,24,26)/t19-,20-/m1/s1. The number of amides is 1. The lowest BCUT2D eigenvalue weighted by atomic mass is 9.89. The zero-order valence-corrected chi connectivity index (χ0v) is 19.4. The van der Waals surface area contributed by atoms with Crippen LogP contribution in [0.15, 0.2) is 48.5 Å². The predicted octanol–water partition coefficient (Wildman–Crippen LogP) is 3.66. The van der Waals surface area contributed by atoms with Crippen molar-refractivity contribution in [1.82, 2.24) is 5.32 Å². The second kappa shape index (κ2) is 8.78. The Morgan fingerprint density at radius 1 is 1.26 bits per heavy atom. The molecule has 0 saturated heterocycles. The number of methoxy groups -OCH3 is 1. The molecular formula is C23H30N2O5S. The fourth-order valence-corrected chi connectivity index (χ4v) is 5.20. The lowest BCUT2D eigenvalue weighted by Crippen LogP contribution is -2.51. The second-order valence-electron chi connectivity index (χ2n) is 8.35. The number of carbonyl (C=O) groups excluding carboxylic acids is 1. The van der Waals surface area contributed by atoms with Crippen molar-refractivity contribution in [3.05, 3.63) is 54.1 Å². The molecule has 1 amide bonds. The average Bonchev–Trinajstić information content (AvgIpc) is 2.70. The molecule has 0 bridgehead atoms. The number of ether oxygens (including phenoxy) is 2. The first kappa shape index (κ1) is 22.9. The maximum absolute atomic E-state index is 13.4. The molecule has 7 nitrogen and oxygen atoms in total. The van der Waals surface area contributed by atoms with Crippen LogP contribution in [0.4, 0.5) is 5.69 Å². The first-order valence-electron chi connectivity index (χ1n) is 10.3. The van der Waals surface area contributed by atoms with Crippen LogP contribution in [0.1, 0.15) is 45.2 Å². The molecule has 1 aliphatic rings. The zero-order chi connectivity index (χ0) is 22.8. The summed E-state index contributed by atoms with van der Waals surface area (Å²) in [5, 5.41) is 3.08. The van der Waals surface area contributed by atoms with Crippen LogP contribution in [0.25, 0.3) is 0 Å². The zero-order valence-electron chi connectivity index (χ0n) is 18.6. The number of hydrogen-bond donors (Lipinski definition) is 1. The Kier molecular flexibility index (Phi) is 6.50. The molecule has 0 aromatic heterocycles. The monoisotopic (exact) mass is 446 g/mol. The molecule has 0 fully saturated rings. The number of benzene rings is 2. The van der Waals surface area contributed by atoms with Crippen molar-refractivity contribution in [2.75, 3.05) is 17.7 Å².